The molecule has 0 aromatic carbocycles. The molecule has 6 atom stereocenters. The number of fused-ring (bicyclic) bond motifs is 3. The Morgan fingerprint density at radius 2 is 2.00 bits per heavy atom. The van der Waals surface area contributed by atoms with Gasteiger partial charge in [0.25, 0.3) is 0 Å². The zero-order valence-electron chi connectivity index (χ0n) is 12.6. The molecule has 1 N–H and O–H groups in total. The summed E-state index contributed by atoms with van der Waals surface area (Å²) in [5.74, 6) is -1.49. The van der Waals surface area contributed by atoms with E-state index in [0.717, 1.165) is 11.1 Å². The maximum absolute atomic E-state index is 11.9. The highest BCUT2D eigenvalue weighted by atomic mass is 16.6. The van der Waals surface area contributed by atoms with E-state index in [2.05, 4.69) is 19.7 Å². The zero-order chi connectivity index (χ0) is 16.2. The molecule has 1 heterocycles. The van der Waals surface area contributed by atoms with Crippen molar-refractivity contribution < 1.29 is 24.2 Å². The average molecular weight is 304 g/mol. The maximum Gasteiger partial charge on any atom is 0.334 e. The number of hydrogen-bond acceptors (Lipinski definition) is 5. The van der Waals surface area contributed by atoms with Crippen molar-refractivity contribution >= 4 is 11.9 Å². The summed E-state index contributed by atoms with van der Waals surface area (Å²) < 4.78 is 10.8. The molecule has 3 aliphatic rings. The van der Waals surface area contributed by atoms with Crippen molar-refractivity contribution in [2.75, 3.05) is 0 Å². The lowest BCUT2D eigenvalue weighted by atomic mass is 9.81. The largest absolute Gasteiger partial charge is 0.458 e. The first-order valence-electron chi connectivity index (χ1n) is 7.42. The Balaban J connectivity index is 1.97. The summed E-state index contributed by atoms with van der Waals surface area (Å²) in [4.78, 5) is 23.1. The van der Waals surface area contributed by atoms with E-state index in [1.807, 2.05) is 0 Å². The molecule has 3 rings (SSSR count). The van der Waals surface area contributed by atoms with Crippen LogP contribution >= 0.6 is 0 Å². The fourth-order valence-corrected chi connectivity index (χ4v) is 4.09. The molecular weight excluding hydrogens is 284 g/mol. The van der Waals surface area contributed by atoms with Gasteiger partial charge in [-0.05, 0) is 24.3 Å². The van der Waals surface area contributed by atoms with Gasteiger partial charge in [-0.1, -0.05) is 25.3 Å². The second kappa shape index (κ2) is 5.09. The Labute approximate surface area is 129 Å². The van der Waals surface area contributed by atoms with Gasteiger partial charge >= 0.3 is 11.9 Å². The van der Waals surface area contributed by atoms with Crippen LogP contribution in [0.1, 0.15) is 19.8 Å². The van der Waals surface area contributed by atoms with E-state index in [4.69, 9.17) is 9.47 Å². The van der Waals surface area contributed by atoms with Crippen LogP contribution in [-0.4, -0.2) is 35.4 Å². The maximum atomic E-state index is 11.9. The van der Waals surface area contributed by atoms with Crippen LogP contribution in [0.15, 0.2) is 36.5 Å². The SMILES string of the molecule is C=C1C(=O)O[C@@H]2[C@H]3C(=C)[C@@H](OC(C)=O)C[C@H]3C(=C)C[C@H](O)[C@@H]12. The van der Waals surface area contributed by atoms with Crippen LogP contribution in [0, 0.1) is 17.8 Å². The molecule has 0 spiro atoms. The van der Waals surface area contributed by atoms with Crippen LogP contribution in [0.4, 0.5) is 0 Å². The smallest absolute Gasteiger partial charge is 0.334 e. The Hall–Kier alpha value is -1.88. The van der Waals surface area contributed by atoms with Crippen molar-refractivity contribution in [1.29, 1.82) is 0 Å². The van der Waals surface area contributed by atoms with Gasteiger partial charge in [0.15, 0.2) is 0 Å². The molecule has 5 heteroatoms. The summed E-state index contributed by atoms with van der Waals surface area (Å²) in [7, 11) is 0. The van der Waals surface area contributed by atoms with Crippen LogP contribution < -0.4 is 0 Å². The number of ether oxygens (including phenoxy) is 2. The number of esters is 2. The minimum Gasteiger partial charge on any atom is -0.458 e. The van der Waals surface area contributed by atoms with E-state index in [1.54, 1.807) is 0 Å². The Bertz CT molecular complexity index is 590. The van der Waals surface area contributed by atoms with Crippen molar-refractivity contribution in [3.05, 3.63) is 36.5 Å². The highest BCUT2D eigenvalue weighted by molar-refractivity contribution is 5.91. The summed E-state index contributed by atoms with van der Waals surface area (Å²) in [6, 6.07) is 0. The fourth-order valence-electron chi connectivity index (χ4n) is 4.09. The lowest BCUT2D eigenvalue weighted by Gasteiger charge is -2.26. The van der Waals surface area contributed by atoms with E-state index in [0.29, 0.717) is 18.4 Å². The summed E-state index contributed by atoms with van der Waals surface area (Å²) in [6.07, 6.45) is -0.679. The van der Waals surface area contributed by atoms with E-state index in [-0.39, 0.29) is 17.8 Å². The molecule has 22 heavy (non-hydrogen) atoms. The second-order valence-electron chi connectivity index (χ2n) is 6.39. The number of carbonyl (C=O) groups is 2. The molecule has 0 amide bonds. The molecule has 0 radical (unpaired) electrons. The van der Waals surface area contributed by atoms with Crippen LogP contribution in [0.25, 0.3) is 0 Å². The zero-order valence-corrected chi connectivity index (χ0v) is 12.6. The molecule has 0 unspecified atom stereocenters. The van der Waals surface area contributed by atoms with Gasteiger partial charge < -0.3 is 14.6 Å². The molecule has 5 nitrogen and oxygen atoms in total. The van der Waals surface area contributed by atoms with Gasteiger partial charge in [-0.25, -0.2) is 4.79 Å². The van der Waals surface area contributed by atoms with Gasteiger partial charge in [-0.2, -0.15) is 0 Å². The molecule has 3 fully saturated rings. The number of rotatable bonds is 1. The van der Waals surface area contributed by atoms with E-state index >= 15 is 0 Å². The Morgan fingerprint density at radius 1 is 1.32 bits per heavy atom. The molecule has 2 aliphatic carbocycles. The average Bonchev–Trinajstić information content (AvgIpc) is 2.85. The fraction of sp³-hybridized carbons (Fsp3) is 0.529. The number of carbonyl (C=O) groups excluding carboxylic acids is 2. The predicted molar refractivity (Wildman–Crippen MR) is 78.6 cm³/mol. The topological polar surface area (TPSA) is 72.8 Å². The van der Waals surface area contributed by atoms with Gasteiger partial charge in [0, 0.05) is 18.4 Å². The lowest BCUT2D eigenvalue weighted by molar-refractivity contribution is -0.145. The van der Waals surface area contributed by atoms with Crippen LogP contribution in [0.2, 0.25) is 0 Å². The molecule has 2 saturated carbocycles. The van der Waals surface area contributed by atoms with Gasteiger partial charge in [0.2, 0.25) is 0 Å². The summed E-state index contributed by atoms with van der Waals surface area (Å²) in [5, 5.41) is 10.4. The van der Waals surface area contributed by atoms with Gasteiger partial charge in [0.1, 0.15) is 12.2 Å². The van der Waals surface area contributed by atoms with E-state index in [9.17, 15) is 14.7 Å². The first kappa shape index (κ1) is 15.0. The lowest BCUT2D eigenvalue weighted by Crippen LogP contribution is -2.34. The minimum atomic E-state index is -0.734. The van der Waals surface area contributed by atoms with Gasteiger partial charge in [0.05, 0.1) is 12.0 Å². The monoisotopic (exact) mass is 304 g/mol. The van der Waals surface area contributed by atoms with Crippen LogP contribution in [0.5, 0.6) is 0 Å². The first-order valence-corrected chi connectivity index (χ1v) is 7.42. The Kier molecular flexibility index (Phi) is 3.48. The molecule has 1 saturated heterocycles. The highest BCUT2D eigenvalue weighted by Gasteiger charge is 2.56. The van der Waals surface area contributed by atoms with Crippen LogP contribution in [-0.2, 0) is 19.1 Å². The van der Waals surface area contributed by atoms with Crippen molar-refractivity contribution in [3.63, 3.8) is 0 Å². The van der Waals surface area contributed by atoms with Crippen LogP contribution in [0.3, 0.4) is 0 Å². The summed E-state index contributed by atoms with van der Waals surface area (Å²) in [6.45, 7) is 13.3. The van der Waals surface area contributed by atoms with Crippen molar-refractivity contribution in [2.24, 2.45) is 17.8 Å². The molecular formula is C17H20O5. The van der Waals surface area contributed by atoms with Crippen molar-refractivity contribution in [3.8, 4) is 0 Å². The predicted octanol–water partition coefficient (Wildman–Crippen LogP) is 1.53. The standard InChI is InChI=1S/C17H20O5/c1-7-5-12(19)15-9(3)17(20)22-16(15)14-8(2)13(6-11(7)14)21-10(4)18/h11-16,19H,1-3,5-6H2,4H3/t11-,12-,13-,14-,15+,16+/m0/s1. The highest BCUT2D eigenvalue weighted by Crippen LogP contribution is 2.52. The Morgan fingerprint density at radius 3 is 2.64 bits per heavy atom. The number of hydrogen-bond donors (Lipinski definition) is 1. The number of aliphatic hydroxyl groups is 1. The van der Waals surface area contributed by atoms with Crippen molar-refractivity contribution in [1.82, 2.24) is 0 Å². The van der Waals surface area contributed by atoms with E-state index < -0.39 is 30.2 Å². The summed E-state index contributed by atoms with van der Waals surface area (Å²) in [5.41, 5.74) is 1.91. The third kappa shape index (κ3) is 2.11. The third-order valence-corrected chi connectivity index (χ3v) is 5.08. The quantitative estimate of drug-likeness (QED) is 0.452. The van der Waals surface area contributed by atoms with Gasteiger partial charge in [-0.3, -0.25) is 4.79 Å². The third-order valence-electron chi connectivity index (χ3n) is 5.08. The van der Waals surface area contributed by atoms with Gasteiger partial charge in [-0.15, -0.1) is 0 Å². The van der Waals surface area contributed by atoms with Crippen molar-refractivity contribution in [2.45, 2.75) is 38.1 Å². The normalized spacial score (nSPS) is 40.8. The molecule has 0 aromatic heterocycles. The molecule has 0 aromatic rings. The molecule has 1 aliphatic heterocycles. The number of aliphatic hydroxyl groups excluding tert-OH is 1. The summed E-state index contributed by atoms with van der Waals surface area (Å²) >= 11 is 0. The minimum absolute atomic E-state index is 0.0137. The molecule has 118 valence electrons. The second-order valence-corrected chi connectivity index (χ2v) is 6.39. The van der Waals surface area contributed by atoms with E-state index in [1.165, 1.54) is 6.92 Å². The molecule has 0 bridgehead atoms. The first-order chi connectivity index (χ1) is 10.3.